The van der Waals surface area contributed by atoms with E-state index in [0.717, 1.165) is 0 Å². The van der Waals surface area contributed by atoms with Crippen molar-refractivity contribution in [1.82, 2.24) is 4.90 Å². The van der Waals surface area contributed by atoms with Crippen LogP contribution in [0.4, 0.5) is 0 Å². The van der Waals surface area contributed by atoms with Crippen molar-refractivity contribution < 1.29 is 72.4 Å². The second-order valence-electron chi connectivity index (χ2n) is 15.4. The second-order valence-corrected chi connectivity index (χ2v) is 15.4. The molecule has 17 atom stereocenters. The Bertz CT molecular complexity index is 1290. The van der Waals surface area contributed by atoms with Crippen LogP contribution in [0.2, 0.25) is 0 Å². The van der Waals surface area contributed by atoms with Gasteiger partial charge < -0.3 is 62.9 Å². The number of cyclic esters (lactones) is 1. The number of carbonyl (C=O) groups excluding carboxylic acids is 4. The first kappa shape index (κ1) is 43.3. The minimum atomic E-state index is -1.49. The van der Waals surface area contributed by atoms with Gasteiger partial charge in [0.25, 0.3) is 0 Å². The zero-order valence-corrected chi connectivity index (χ0v) is 32.2. The number of aliphatic hydroxyl groups excluding tert-OH is 2. The topological polar surface area (TPSA) is 209 Å². The second kappa shape index (κ2) is 18.5. The summed E-state index contributed by atoms with van der Waals surface area (Å²) in [6.07, 6.45) is -8.05. The average molecular weight is 758 g/mol. The van der Waals surface area contributed by atoms with Crippen LogP contribution in [0.3, 0.4) is 0 Å². The molecule has 4 rings (SSSR count). The first-order valence-corrected chi connectivity index (χ1v) is 18.4. The van der Waals surface area contributed by atoms with Crippen LogP contribution in [0.15, 0.2) is 12.2 Å². The standard InChI is InChI=1S/C37H59NO15/c1-18-14-23(12-13-39)33(34(46-9)27(50-22(5)40)16-28(42)47-19(2)15-26-25(51-26)11-10-24(18)41)53-36-31(43)30(38(7)8)32(20(3)49-36)52-29-17-37(6,45)35(44)21(4)48-29/h10-11,13,18-21,23,25-27,29-36,43-45H,12,14-17H2,1-9H3/b11-10+/t18-,19-,20-,21+,23+,25+,26+,27-,29+,30-,31-,32-,33+,34?,35+,36+,37-/m1/s1. The summed E-state index contributed by atoms with van der Waals surface area (Å²) in [6, 6.07) is -0.768. The van der Waals surface area contributed by atoms with Gasteiger partial charge in [0.05, 0.1) is 42.5 Å². The largest absolute Gasteiger partial charge is 0.462 e. The first-order chi connectivity index (χ1) is 24.9. The molecule has 0 aliphatic carbocycles. The quantitative estimate of drug-likeness (QED) is 0.169. The Kier molecular flexibility index (Phi) is 15.1. The molecule has 302 valence electrons. The van der Waals surface area contributed by atoms with Crippen LogP contribution < -0.4 is 0 Å². The maximum Gasteiger partial charge on any atom is 0.309 e. The highest BCUT2D eigenvalue weighted by molar-refractivity contribution is 5.91. The number of likely N-dealkylation sites (N-methyl/N-ethyl adjacent to an activating group) is 1. The Morgan fingerprint density at radius 2 is 1.72 bits per heavy atom. The van der Waals surface area contributed by atoms with Crippen LogP contribution in [-0.2, 0) is 57.1 Å². The maximum absolute atomic E-state index is 13.3. The van der Waals surface area contributed by atoms with Crippen LogP contribution in [0, 0.1) is 11.8 Å². The molecule has 4 aliphatic heterocycles. The molecule has 16 nitrogen and oxygen atoms in total. The monoisotopic (exact) mass is 757 g/mol. The Labute approximate surface area is 311 Å². The van der Waals surface area contributed by atoms with Crippen molar-refractivity contribution in [1.29, 1.82) is 0 Å². The van der Waals surface area contributed by atoms with E-state index in [-0.39, 0.29) is 37.3 Å². The zero-order chi connectivity index (χ0) is 39.4. The Morgan fingerprint density at radius 3 is 2.32 bits per heavy atom. The number of aliphatic hydroxyl groups is 3. The van der Waals surface area contributed by atoms with Gasteiger partial charge in [0, 0.05) is 39.2 Å². The fraction of sp³-hybridized carbons (Fsp3) is 0.838. The van der Waals surface area contributed by atoms with Crippen LogP contribution in [0.5, 0.6) is 0 Å². The minimum Gasteiger partial charge on any atom is -0.462 e. The highest BCUT2D eigenvalue weighted by Gasteiger charge is 2.52. The van der Waals surface area contributed by atoms with Crippen molar-refractivity contribution in [3.8, 4) is 0 Å². The van der Waals surface area contributed by atoms with Gasteiger partial charge in [-0.3, -0.25) is 14.4 Å². The minimum absolute atomic E-state index is 0.0397. The number of fused-ring (bicyclic) bond motifs is 1. The number of hydrogen-bond acceptors (Lipinski definition) is 16. The Morgan fingerprint density at radius 1 is 1.02 bits per heavy atom. The summed E-state index contributed by atoms with van der Waals surface area (Å²) in [4.78, 5) is 52.9. The van der Waals surface area contributed by atoms with E-state index < -0.39 is 109 Å². The smallest absolute Gasteiger partial charge is 0.309 e. The fourth-order valence-corrected chi connectivity index (χ4v) is 7.77. The summed E-state index contributed by atoms with van der Waals surface area (Å²) in [7, 11) is 4.82. The predicted molar refractivity (Wildman–Crippen MR) is 185 cm³/mol. The molecule has 0 amide bonds. The SMILES string of the molecule is COC1[C@@H](O[C@@H]2O[C@H](C)[C@@H](O[C@H]3C[C@@](C)(O)[C@@H](O)[C@H](C)O3)[C@H](N(C)C)[C@H]2O)[C@@H](CC=O)C[C@@H](C)C(=O)/C=C/[C@@H]2O[C@H]2C[C@@H](C)OC(=O)C[C@H]1OC(C)=O. The van der Waals surface area contributed by atoms with E-state index in [1.54, 1.807) is 52.8 Å². The van der Waals surface area contributed by atoms with E-state index in [1.165, 1.54) is 27.0 Å². The molecule has 3 fully saturated rings. The van der Waals surface area contributed by atoms with Crippen molar-refractivity contribution in [2.45, 2.75) is 165 Å². The van der Waals surface area contributed by atoms with Gasteiger partial charge in [-0.1, -0.05) is 6.92 Å². The summed E-state index contributed by atoms with van der Waals surface area (Å²) in [5.74, 6) is -2.92. The van der Waals surface area contributed by atoms with Gasteiger partial charge >= 0.3 is 11.9 Å². The number of aldehydes is 1. The molecule has 3 saturated heterocycles. The fourth-order valence-electron chi connectivity index (χ4n) is 7.77. The molecule has 0 bridgehead atoms. The van der Waals surface area contributed by atoms with E-state index in [2.05, 4.69) is 0 Å². The molecule has 0 radical (unpaired) electrons. The Hall–Kier alpha value is -2.38. The van der Waals surface area contributed by atoms with Crippen molar-refractivity contribution in [3.63, 3.8) is 0 Å². The van der Waals surface area contributed by atoms with Crippen LogP contribution >= 0.6 is 0 Å². The molecule has 3 N–H and O–H groups in total. The third-order valence-corrected chi connectivity index (χ3v) is 10.6. The van der Waals surface area contributed by atoms with Gasteiger partial charge in [-0.25, -0.2) is 0 Å². The van der Waals surface area contributed by atoms with Crippen molar-refractivity contribution >= 4 is 24.0 Å². The van der Waals surface area contributed by atoms with E-state index in [4.69, 9.17) is 37.9 Å². The highest BCUT2D eigenvalue weighted by atomic mass is 16.7. The summed E-state index contributed by atoms with van der Waals surface area (Å²) < 4.78 is 47.9. The number of esters is 2. The van der Waals surface area contributed by atoms with Gasteiger partial charge in [-0.2, -0.15) is 0 Å². The van der Waals surface area contributed by atoms with Crippen LogP contribution in [0.1, 0.15) is 73.6 Å². The number of allylic oxidation sites excluding steroid dienone is 1. The zero-order valence-electron chi connectivity index (χ0n) is 32.2. The molecule has 53 heavy (non-hydrogen) atoms. The molecule has 1 unspecified atom stereocenters. The lowest BCUT2D eigenvalue weighted by atomic mass is 9.83. The van der Waals surface area contributed by atoms with Crippen molar-refractivity contribution in [3.05, 3.63) is 12.2 Å². The molecule has 0 saturated carbocycles. The molecule has 0 aromatic rings. The molecular weight excluding hydrogens is 698 g/mol. The molecule has 4 aliphatic rings. The molecule has 0 aromatic heterocycles. The molecule has 0 aromatic carbocycles. The summed E-state index contributed by atoms with van der Waals surface area (Å²) in [5, 5.41) is 33.1. The number of ketones is 1. The van der Waals surface area contributed by atoms with E-state index >= 15 is 0 Å². The lowest BCUT2D eigenvalue weighted by molar-refractivity contribution is -0.344. The third-order valence-electron chi connectivity index (χ3n) is 10.6. The normalized spacial score (nSPS) is 45.2. The number of epoxide rings is 1. The Balaban J connectivity index is 1.68. The van der Waals surface area contributed by atoms with Crippen LogP contribution in [-0.4, -0.2) is 157 Å². The maximum atomic E-state index is 13.3. The van der Waals surface area contributed by atoms with Gasteiger partial charge in [-0.05, 0) is 66.3 Å². The van der Waals surface area contributed by atoms with Gasteiger partial charge in [0.1, 0.15) is 49.0 Å². The molecule has 16 heteroatoms. The number of ether oxygens (including phenoxy) is 8. The number of nitrogens with zero attached hydrogens (tertiary/aromatic N) is 1. The van der Waals surface area contributed by atoms with Gasteiger partial charge in [0.2, 0.25) is 0 Å². The van der Waals surface area contributed by atoms with Crippen molar-refractivity contribution in [2.24, 2.45) is 11.8 Å². The number of carbonyl (C=O) groups is 4. The molecule has 4 heterocycles. The lowest BCUT2D eigenvalue weighted by Gasteiger charge is -2.50. The lowest BCUT2D eigenvalue weighted by Crippen LogP contribution is -2.65. The molecule has 0 spiro atoms. The van der Waals surface area contributed by atoms with E-state index in [9.17, 15) is 34.5 Å². The number of methoxy groups -OCH3 is 1. The summed E-state index contributed by atoms with van der Waals surface area (Å²) >= 11 is 0. The van der Waals surface area contributed by atoms with Crippen LogP contribution in [0.25, 0.3) is 0 Å². The average Bonchev–Trinajstić information content (AvgIpc) is 3.80. The van der Waals surface area contributed by atoms with Gasteiger partial charge in [0.15, 0.2) is 18.4 Å². The predicted octanol–water partition coefficient (Wildman–Crippen LogP) is 0.836. The highest BCUT2D eigenvalue weighted by Crippen LogP contribution is 2.37. The van der Waals surface area contributed by atoms with Gasteiger partial charge in [-0.15, -0.1) is 0 Å². The first-order valence-electron chi connectivity index (χ1n) is 18.4. The third kappa shape index (κ3) is 11.1. The molecular formula is C37H59NO15. The van der Waals surface area contributed by atoms with E-state index in [1.807, 2.05) is 0 Å². The summed E-state index contributed by atoms with van der Waals surface area (Å²) in [6.45, 7) is 9.47. The summed E-state index contributed by atoms with van der Waals surface area (Å²) in [5.41, 5.74) is -1.49. The number of hydrogen-bond donors (Lipinski definition) is 3. The van der Waals surface area contributed by atoms with Crippen molar-refractivity contribution in [2.75, 3.05) is 21.2 Å². The van der Waals surface area contributed by atoms with E-state index in [0.29, 0.717) is 12.7 Å². The number of rotatable bonds is 9.